The molecular weight excluding hydrogens is 558 g/mol. The first kappa shape index (κ1) is 30.7. The number of alkyl halides is 3. The summed E-state index contributed by atoms with van der Waals surface area (Å²) in [5.41, 5.74) is 2.50. The monoisotopic (exact) mass is 591 g/mol. The Balaban J connectivity index is 1.53. The molecule has 1 amide bonds. The van der Waals surface area contributed by atoms with Gasteiger partial charge in [-0.15, -0.1) is 0 Å². The molecule has 1 aliphatic carbocycles. The molecule has 220 valence electrons. The van der Waals surface area contributed by atoms with Crippen molar-refractivity contribution in [2.24, 2.45) is 0 Å². The number of amides is 1. The fourth-order valence-corrected chi connectivity index (χ4v) is 6.26. The van der Waals surface area contributed by atoms with Crippen LogP contribution in [0.4, 0.5) is 17.6 Å². The van der Waals surface area contributed by atoms with E-state index in [0.717, 1.165) is 79.4 Å². The molecule has 0 heterocycles. The van der Waals surface area contributed by atoms with Gasteiger partial charge in [-0.25, -0.2) is 17.5 Å². The van der Waals surface area contributed by atoms with Gasteiger partial charge in [-0.2, -0.15) is 13.2 Å². The van der Waals surface area contributed by atoms with Gasteiger partial charge in [0, 0.05) is 13.0 Å². The van der Waals surface area contributed by atoms with Crippen LogP contribution in [-0.2, 0) is 34.0 Å². The van der Waals surface area contributed by atoms with Crippen LogP contribution in [0, 0.1) is 5.82 Å². The van der Waals surface area contributed by atoms with E-state index in [-0.39, 0.29) is 12.5 Å². The van der Waals surface area contributed by atoms with Crippen molar-refractivity contribution in [3.8, 4) is 0 Å². The molecule has 0 fully saturated rings. The van der Waals surface area contributed by atoms with Gasteiger partial charge in [-0.1, -0.05) is 43.3 Å². The predicted molar refractivity (Wildman–Crippen MR) is 148 cm³/mol. The zero-order valence-electron chi connectivity index (χ0n) is 22.6. The third kappa shape index (κ3) is 8.15. The smallest absolute Gasteiger partial charge is 0.349 e. The summed E-state index contributed by atoms with van der Waals surface area (Å²) in [6, 6.07) is 13.1. The molecule has 0 bridgehead atoms. The van der Waals surface area contributed by atoms with E-state index in [2.05, 4.69) is 28.3 Å². The Bertz CT molecular complexity index is 1460. The van der Waals surface area contributed by atoms with Gasteiger partial charge >= 0.3 is 6.18 Å². The lowest BCUT2D eigenvalue weighted by molar-refractivity contribution is -0.137. The third-order valence-corrected chi connectivity index (χ3v) is 8.51. The SMILES string of the molecule is CCCNCc1ccc2c(c1)CCC[C@H]2NC(=O)C[C@@H](NS(=O)(=O)c1cccc(C(F)(F)F)c1)c1ccc(F)cc1. The van der Waals surface area contributed by atoms with Crippen LogP contribution >= 0.6 is 0 Å². The summed E-state index contributed by atoms with van der Waals surface area (Å²) in [5, 5.41) is 6.38. The highest BCUT2D eigenvalue weighted by atomic mass is 32.2. The minimum Gasteiger partial charge on any atom is -0.349 e. The average molecular weight is 592 g/mol. The van der Waals surface area contributed by atoms with Gasteiger partial charge in [0.25, 0.3) is 0 Å². The van der Waals surface area contributed by atoms with E-state index in [1.165, 1.54) is 12.1 Å². The molecule has 0 saturated heterocycles. The van der Waals surface area contributed by atoms with Crippen LogP contribution < -0.4 is 15.4 Å². The van der Waals surface area contributed by atoms with Gasteiger partial charge in [0.2, 0.25) is 15.9 Å². The lowest BCUT2D eigenvalue weighted by Crippen LogP contribution is -2.36. The van der Waals surface area contributed by atoms with Crippen molar-refractivity contribution in [1.82, 2.24) is 15.4 Å². The number of rotatable bonds is 11. The molecule has 4 rings (SSSR count). The first-order valence-electron chi connectivity index (χ1n) is 13.5. The molecule has 3 aromatic rings. The Hall–Kier alpha value is -3.28. The summed E-state index contributed by atoms with van der Waals surface area (Å²) in [5.74, 6) is -1.00. The van der Waals surface area contributed by atoms with E-state index < -0.39 is 44.4 Å². The van der Waals surface area contributed by atoms with Crippen molar-refractivity contribution in [1.29, 1.82) is 0 Å². The van der Waals surface area contributed by atoms with Crippen LogP contribution in [0.2, 0.25) is 0 Å². The van der Waals surface area contributed by atoms with Crippen molar-refractivity contribution in [2.75, 3.05) is 6.54 Å². The molecule has 6 nitrogen and oxygen atoms in total. The number of halogens is 4. The van der Waals surface area contributed by atoms with Crippen LogP contribution in [0.3, 0.4) is 0 Å². The second-order valence-corrected chi connectivity index (χ2v) is 11.9. The lowest BCUT2D eigenvalue weighted by atomic mass is 9.86. The van der Waals surface area contributed by atoms with Gasteiger partial charge < -0.3 is 10.6 Å². The molecule has 0 aromatic heterocycles. The number of hydrogen-bond acceptors (Lipinski definition) is 4. The molecule has 41 heavy (non-hydrogen) atoms. The summed E-state index contributed by atoms with van der Waals surface area (Å²) in [6.45, 7) is 3.77. The highest BCUT2D eigenvalue weighted by molar-refractivity contribution is 7.89. The molecular formula is C30H33F4N3O3S. The maximum Gasteiger partial charge on any atom is 0.416 e. The second-order valence-electron chi connectivity index (χ2n) is 10.2. The first-order valence-corrected chi connectivity index (χ1v) is 15.0. The summed E-state index contributed by atoms with van der Waals surface area (Å²) in [7, 11) is -4.47. The van der Waals surface area contributed by atoms with Crippen LogP contribution in [0.15, 0.2) is 71.6 Å². The Labute approximate surface area is 237 Å². The van der Waals surface area contributed by atoms with Gasteiger partial charge in [0.15, 0.2) is 0 Å². The largest absolute Gasteiger partial charge is 0.416 e. The maximum absolute atomic E-state index is 13.6. The standard InChI is InChI=1S/C30H33F4N3O3S/c1-2-15-35-19-20-9-14-26-22(16-20)5-3-8-27(26)36-29(38)18-28(21-10-12-24(31)13-11-21)37-41(39,40)25-7-4-6-23(17-25)30(32,33)34/h4,6-7,9-14,16-17,27-28,35,37H,2-3,5,8,15,18-19H2,1H3,(H,36,38)/t27-,28-/m1/s1. The number of aryl methyl sites for hydroxylation is 1. The number of nitrogens with one attached hydrogen (secondary N) is 3. The maximum atomic E-state index is 13.6. The second kappa shape index (κ2) is 13.1. The number of hydrogen-bond donors (Lipinski definition) is 3. The minimum absolute atomic E-state index is 0.266. The van der Waals surface area contributed by atoms with Crippen molar-refractivity contribution in [2.45, 2.75) is 68.7 Å². The molecule has 3 N–H and O–H groups in total. The van der Waals surface area contributed by atoms with E-state index in [1.54, 1.807) is 0 Å². The van der Waals surface area contributed by atoms with Crippen LogP contribution in [-0.4, -0.2) is 20.9 Å². The van der Waals surface area contributed by atoms with E-state index in [1.807, 2.05) is 12.1 Å². The Morgan fingerprint density at radius 1 is 1.05 bits per heavy atom. The number of fused-ring (bicyclic) bond motifs is 1. The van der Waals surface area contributed by atoms with Crippen molar-refractivity contribution >= 4 is 15.9 Å². The molecule has 0 saturated carbocycles. The molecule has 11 heteroatoms. The molecule has 0 radical (unpaired) electrons. The normalized spacial score (nSPS) is 16.2. The van der Waals surface area contributed by atoms with E-state index >= 15 is 0 Å². The van der Waals surface area contributed by atoms with E-state index in [0.29, 0.717) is 18.1 Å². The highest BCUT2D eigenvalue weighted by Gasteiger charge is 2.33. The predicted octanol–water partition coefficient (Wildman–Crippen LogP) is 5.95. The topological polar surface area (TPSA) is 87.3 Å². The van der Waals surface area contributed by atoms with Gasteiger partial charge in [0.05, 0.1) is 22.5 Å². The lowest BCUT2D eigenvalue weighted by Gasteiger charge is -2.28. The third-order valence-electron chi connectivity index (χ3n) is 7.04. The minimum atomic E-state index is -4.73. The molecule has 3 aromatic carbocycles. The zero-order chi connectivity index (χ0) is 29.6. The van der Waals surface area contributed by atoms with Crippen molar-refractivity contribution in [3.05, 3.63) is 100 Å². The number of carbonyl (C=O) groups excluding carboxylic acids is 1. The summed E-state index contributed by atoms with van der Waals surface area (Å²) in [6.07, 6.45) is -1.57. The Kier molecular flexibility index (Phi) is 9.83. The summed E-state index contributed by atoms with van der Waals surface area (Å²) < 4.78 is 81.9. The summed E-state index contributed by atoms with van der Waals surface area (Å²) in [4.78, 5) is 12.6. The molecule has 0 aliphatic heterocycles. The number of benzene rings is 3. The van der Waals surface area contributed by atoms with E-state index in [4.69, 9.17) is 0 Å². The van der Waals surface area contributed by atoms with Gasteiger partial charge in [0.1, 0.15) is 5.82 Å². The Morgan fingerprint density at radius 3 is 2.51 bits per heavy atom. The Morgan fingerprint density at radius 2 is 1.80 bits per heavy atom. The first-order chi connectivity index (χ1) is 19.5. The average Bonchev–Trinajstić information content (AvgIpc) is 2.93. The summed E-state index contributed by atoms with van der Waals surface area (Å²) >= 11 is 0. The van der Waals surface area contributed by atoms with Crippen molar-refractivity contribution < 1.29 is 30.8 Å². The molecule has 0 unspecified atom stereocenters. The van der Waals surface area contributed by atoms with Gasteiger partial charge in [-0.3, -0.25) is 4.79 Å². The fourth-order valence-electron chi connectivity index (χ4n) is 4.99. The molecule has 0 spiro atoms. The number of carbonyl (C=O) groups is 1. The van der Waals surface area contributed by atoms with E-state index in [9.17, 15) is 30.8 Å². The molecule has 2 atom stereocenters. The van der Waals surface area contributed by atoms with Crippen LogP contribution in [0.5, 0.6) is 0 Å². The zero-order valence-corrected chi connectivity index (χ0v) is 23.4. The quantitative estimate of drug-likeness (QED) is 0.190. The van der Waals surface area contributed by atoms with Crippen LogP contribution in [0.25, 0.3) is 0 Å². The molecule has 1 aliphatic rings. The van der Waals surface area contributed by atoms with Gasteiger partial charge in [-0.05, 0) is 84.8 Å². The van der Waals surface area contributed by atoms with Crippen molar-refractivity contribution in [3.63, 3.8) is 0 Å². The number of sulfonamides is 1. The van der Waals surface area contributed by atoms with Crippen LogP contribution in [0.1, 0.15) is 72.5 Å². The fraction of sp³-hybridized carbons (Fsp3) is 0.367. The highest BCUT2D eigenvalue weighted by Crippen LogP contribution is 2.32.